The monoisotopic (exact) mass is 259 g/mol. The lowest BCUT2D eigenvalue weighted by Gasteiger charge is -2.36. The lowest BCUT2D eigenvalue weighted by Crippen LogP contribution is -2.42. The number of anilines is 1. The summed E-state index contributed by atoms with van der Waals surface area (Å²) >= 11 is 0. The SMILES string of the molecule is CN(C)C1CCN(c2ccc(CO)cc2C#N)CC1. The van der Waals surface area contributed by atoms with Gasteiger partial charge in [0.2, 0.25) is 0 Å². The van der Waals surface area contributed by atoms with Crippen LogP contribution < -0.4 is 4.90 Å². The number of rotatable bonds is 3. The number of aliphatic hydroxyl groups is 1. The summed E-state index contributed by atoms with van der Waals surface area (Å²) in [6.07, 6.45) is 2.25. The number of hydrogen-bond donors (Lipinski definition) is 1. The van der Waals surface area contributed by atoms with Gasteiger partial charge in [0, 0.05) is 19.1 Å². The van der Waals surface area contributed by atoms with Crippen molar-refractivity contribution >= 4 is 5.69 Å². The van der Waals surface area contributed by atoms with Gasteiger partial charge < -0.3 is 14.9 Å². The molecule has 0 aromatic heterocycles. The van der Waals surface area contributed by atoms with Gasteiger partial charge in [-0.3, -0.25) is 0 Å². The summed E-state index contributed by atoms with van der Waals surface area (Å²) in [5, 5.41) is 18.4. The first-order chi connectivity index (χ1) is 9.15. The van der Waals surface area contributed by atoms with Crippen LogP contribution in [0.4, 0.5) is 5.69 Å². The molecular weight excluding hydrogens is 238 g/mol. The molecule has 4 nitrogen and oxygen atoms in total. The number of piperidine rings is 1. The average molecular weight is 259 g/mol. The molecule has 0 bridgehead atoms. The van der Waals surface area contributed by atoms with E-state index in [0.29, 0.717) is 11.6 Å². The molecule has 1 aliphatic rings. The zero-order valence-corrected chi connectivity index (χ0v) is 11.6. The highest BCUT2D eigenvalue weighted by molar-refractivity contribution is 5.60. The molecule has 1 fully saturated rings. The fraction of sp³-hybridized carbons (Fsp3) is 0.533. The van der Waals surface area contributed by atoms with E-state index in [1.807, 2.05) is 12.1 Å². The van der Waals surface area contributed by atoms with E-state index in [-0.39, 0.29) is 6.61 Å². The highest BCUT2D eigenvalue weighted by Gasteiger charge is 2.22. The molecule has 0 aliphatic carbocycles. The Balaban J connectivity index is 2.13. The zero-order valence-electron chi connectivity index (χ0n) is 11.6. The molecule has 0 unspecified atom stereocenters. The van der Waals surface area contributed by atoms with E-state index >= 15 is 0 Å². The molecule has 4 heteroatoms. The molecule has 1 aromatic rings. The topological polar surface area (TPSA) is 50.5 Å². The van der Waals surface area contributed by atoms with Crippen molar-refractivity contribution in [1.82, 2.24) is 4.90 Å². The van der Waals surface area contributed by atoms with Gasteiger partial charge in [0.25, 0.3) is 0 Å². The molecule has 102 valence electrons. The van der Waals surface area contributed by atoms with Crippen LogP contribution >= 0.6 is 0 Å². The Kier molecular flexibility index (Phi) is 4.41. The van der Waals surface area contributed by atoms with Gasteiger partial charge in [-0.1, -0.05) is 6.07 Å². The van der Waals surface area contributed by atoms with Crippen molar-refractivity contribution in [3.8, 4) is 6.07 Å². The molecule has 1 aromatic carbocycles. The van der Waals surface area contributed by atoms with Crippen LogP contribution in [0.3, 0.4) is 0 Å². The maximum atomic E-state index is 9.24. The molecule has 0 spiro atoms. The Morgan fingerprint density at radius 2 is 2.05 bits per heavy atom. The highest BCUT2D eigenvalue weighted by atomic mass is 16.3. The summed E-state index contributed by atoms with van der Waals surface area (Å²) in [4.78, 5) is 4.55. The summed E-state index contributed by atoms with van der Waals surface area (Å²) in [7, 11) is 4.24. The molecule has 0 radical (unpaired) electrons. The van der Waals surface area contributed by atoms with Gasteiger partial charge in [0.1, 0.15) is 6.07 Å². The highest BCUT2D eigenvalue weighted by Crippen LogP contribution is 2.26. The minimum Gasteiger partial charge on any atom is -0.392 e. The van der Waals surface area contributed by atoms with E-state index in [2.05, 4.69) is 30.0 Å². The van der Waals surface area contributed by atoms with E-state index in [0.717, 1.165) is 37.2 Å². The van der Waals surface area contributed by atoms with Gasteiger partial charge in [-0.05, 0) is 44.6 Å². The lowest BCUT2D eigenvalue weighted by molar-refractivity contribution is 0.249. The molecule has 0 saturated carbocycles. The third kappa shape index (κ3) is 3.06. The largest absolute Gasteiger partial charge is 0.392 e. The number of nitriles is 1. The van der Waals surface area contributed by atoms with Crippen LogP contribution in [0, 0.1) is 11.3 Å². The Bertz CT molecular complexity index is 471. The second-order valence-corrected chi connectivity index (χ2v) is 5.30. The number of aliphatic hydroxyl groups excluding tert-OH is 1. The minimum absolute atomic E-state index is 0.0162. The summed E-state index contributed by atoms with van der Waals surface area (Å²) in [6, 6.07) is 8.52. The third-order valence-electron chi connectivity index (χ3n) is 3.90. The molecule has 0 atom stereocenters. The van der Waals surface area contributed by atoms with Gasteiger partial charge in [-0.25, -0.2) is 0 Å². The maximum absolute atomic E-state index is 9.24. The summed E-state index contributed by atoms with van der Waals surface area (Å²) in [5.41, 5.74) is 2.45. The normalized spacial score (nSPS) is 16.7. The van der Waals surface area contributed by atoms with Crippen molar-refractivity contribution in [2.45, 2.75) is 25.5 Å². The lowest BCUT2D eigenvalue weighted by atomic mass is 10.0. The Morgan fingerprint density at radius 3 is 2.58 bits per heavy atom. The molecule has 1 aliphatic heterocycles. The predicted octanol–water partition coefficient (Wildman–Crippen LogP) is 1.58. The van der Waals surface area contributed by atoms with Crippen molar-refractivity contribution in [1.29, 1.82) is 5.26 Å². The molecule has 1 saturated heterocycles. The van der Waals surface area contributed by atoms with Crippen molar-refractivity contribution < 1.29 is 5.11 Å². The van der Waals surface area contributed by atoms with E-state index in [4.69, 9.17) is 5.11 Å². The summed E-state index contributed by atoms with van der Waals surface area (Å²) < 4.78 is 0. The smallest absolute Gasteiger partial charge is 0.101 e. The van der Waals surface area contributed by atoms with Crippen molar-refractivity contribution in [3.05, 3.63) is 29.3 Å². The van der Waals surface area contributed by atoms with E-state index in [1.165, 1.54) is 0 Å². The molecule has 2 rings (SSSR count). The first-order valence-electron chi connectivity index (χ1n) is 6.71. The van der Waals surface area contributed by atoms with E-state index in [9.17, 15) is 5.26 Å². The van der Waals surface area contributed by atoms with Crippen LogP contribution in [-0.2, 0) is 6.61 Å². The molecular formula is C15H21N3O. The second kappa shape index (κ2) is 6.05. The Morgan fingerprint density at radius 1 is 1.37 bits per heavy atom. The van der Waals surface area contributed by atoms with Crippen LogP contribution in [0.1, 0.15) is 24.0 Å². The van der Waals surface area contributed by atoms with Crippen LogP contribution in [0.2, 0.25) is 0 Å². The molecule has 1 N–H and O–H groups in total. The van der Waals surface area contributed by atoms with Gasteiger partial charge in [0.05, 0.1) is 17.9 Å². The Hall–Kier alpha value is -1.57. The number of hydrogen-bond acceptors (Lipinski definition) is 4. The quantitative estimate of drug-likeness (QED) is 0.895. The maximum Gasteiger partial charge on any atom is 0.101 e. The number of benzene rings is 1. The number of nitrogens with zero attached hydrogens (tertiary/aromatic N) is 3. The average Bonchev–Trinajstić information content (AvgIpc) is 2.46. The second-order valence-electron chi connectivity index (χ2n) is 5.30. The Labute approximate surface area is 114 Å². The fourth-order valence-electron chi connectivity index (χ4n) is 2.67. The van der Waals surface area contributed by atoms with Crippen LogP contribution in [0.25, 0.3) is 0 Å². The molecule has 1 heterocycles. The van der Waals surface area contributed by atoms with Crippen LogP contribution in [0.5, 0.6) is 0 Å². The fourth-order valence-corrected chi connectivity index (χ4v) is 2.67. The molecule has 19 heavy (non-hydrogen) atoms. The first kappa shape index (κ1) is 13.9. The van der Waals surface area contributed by atoms with Crippen LogP contribution in [0.15, 0.2) is 18.2 Å². The zero-order chi connectivity index (χ0) is 13.8. The first-order valence-corrected chi connectivity index (χ1v) is 6.71. The van der Waals surface area contributed by atoms with Crippen molar-refractivity contribution in [2.24, 2.45) is 0 Å². The van der Waals surface area contributed by atoms with Crippen molar-refractivity contribution in [2.75, 3.05) is 32.1 Å². The standard InChI is InChI=1S/C15H21N3O/c1-17(2)14-5-7-18(8-6-14)15-4-3-12(11-19)9-13(15)10-16/h3-4,9,14,19H,5-8,11H2,1-2H3. The van der Waals surface area contributed by atoms with Gasteiger partial charge in [-0.15, -0.1) is 0 Å². The third-order valence-corrected chi connectivity index (χ3v) is 3.90. The predicted molar refractivity (Wildman–Crippen MR) is 76.0 cm³/mol. The summed E-state index contributed by atoms with van der Waals surface area (Å²) in [5.74, 6) is 0. The molecule has 0 amide bonds. The van der Waals surface area contributed by atoms with Crippen LogP contribution in [-0.4, -0.2) is 43.2 Å². The van der Waals surface area contributed by atoms with Gasteiger partial charge >= 0.3 is 0 Å². The summed E-state index contributed by atoms with van der Waals surface area (Å²) in [6.45, 7) is 1.95. The van der Waals surface area contributed by atoms with Gasteiger partial charge in [0.15, 0.2) is 0 Å². The van der Waals surface area contributed by atoms with E-state index in [1.54, 1.807) is 6.07 Å². The van der Waals surface area contributed by atoms with E-state index < -0.39 is 0 Å². The van der Waals surface area contributed by atoms with Crippen molar-refractivity contribution in [3.63, 3.8) is 0 Å². The van der Waals surface area contributed by atoms with Gasteiger partial charge in [-0.2, -0.15) is 5.26 Å². The minimum atomic E-state index is -0.0162.